The summed E-state index contributed by atoms with van der Waals surface area (Å²) in [6.45, 7) is 6.81. The van der Waals surface area contributed by atoms with Crippen LogP contribution in [0.4, 0.5) is 0 Å². The lowest BCUT2D eigenvalue weighted by molar-refractivity contribution is -0.143. The first-order chi connectivity index (χ1) is 27.3. The van der Waals surface area contributed by atoms with Crippen LogP contribution in [-0.2, 0) is 35.2 Å². The number of carbonyl (C=O) groups excluding carboxylic acids is 1. The number of aromatic nitrogens is 4. The van der Waals surface area contributed by atoms with Crippen LogP contribution in [0.3, 0.4) is 0 Å². The molecule has 9 nitrogen and oxygen atoms in total. The Morgan fingerprint density at radius 1 is 0.482 bits per heavy atom. The zero-order chi connectivity index (χ0) is 41.1. The Kier molecular flexibility index (Phi) is 33.0. The monoisotopic (exact) mass is 821 g/mol. The van der Waals surface area contributed by atoms with Crippen molar-refractivity contribution in [2.45, 2.75) is 220 Å². The summed E-state index contributed by atoms with van der Waals surface area (Å²) in [5.41, 5.74) is 3.26. The smallest absolute Gasteiger partial charge is 0.305 e. The Bertz CT molecular complexity index is 1500. The van der Waals surface area contributed by atoms with Gasteiger partial charge in [0.1, 0.15) is 0 Å². The molecule has 2 heterocycles. The molecule has 0 fully saturated rings. The largest absolute Gasteiger partial charge is 0.466 e. The molecule has 0 radical (unpaired) electrons. The van der Waals surface area contributed by atoms with E-state index in [1.807, 2.05) is 0 Å². The Morgan fingerprint density at radius 2 is 0.821 bits per heavy atom. The van der Waals surface area contributed by atoms with Gasteiger partial charge in [-0.3, -0.25) is 24.4 Å². The molecule has 2 aromatic rings. The van der Waals surface area contributed by atoms with Gasteiger partial charge in [-0.2, -0.15) is 0 Å². The van der Waals surface area contributed by atoms with Crippen LogP contribution in [0.25, 0.3) is 0 Å². The Morgan fingerprint density at radius 3 is 1.16 bits per heavy atom. The highest BCUT2D eigenvalue weighted by molar-refractivity contribution is 7.71. The Hall–Kier alpha value is -2.37. The summed E-state index contributed by atoms with van der Waals surface area (Å²) in [5.74, 6) is -0.189. The summed E-state index contributed by atoms with van der Waals surface area (Å²) in [6.07, 6.45) is 36.0. The molecule has 0 atom stereocenters. The van der Waals surface area contributed by atoms with Gasteiger partial charge in [0.15, 0.2) is 9.54 Å². The summed E-state index contributed by atoms with van der Waals surface area (Å²) in [7, 11) is 0. The predicted molar refractivity (Wildman–Crippen MR) is 239 cm³/mol. The van der Waals surface area contributed by atoms with Gasteiger partial charge in [-0.25, -0.2) is 0 Å². The van der Waals surface area contributed by atoms with Crippen molar-refractivity contribution < 1.29 is 14.6 Å². The number of hydrogen-bond acceptors (Lipinski definition) is 7. The van der Waals surface area contributed by atoms with E-state index in [4.69, 9.17) is 34.3 Å². The third kappa shape index (κ3) is 26.5. The molecule has 11 heteroatoms. The number of rotatable bonds is 34. The maximum atomic E-state index is 12.4. The lowest BCUT2D eigenvalue weighted by Gasteiger charge is -2.09. The van der Waals surface area contributed by atoms with E-state index in [2.05, 4.69) is 33.8 Å². The standard InChI is InChI=1S/C24H42N2O3S.C21H38N2O2S/c1-3-5-6-7-8-9-10-11-12-13-14-15-17-20-21(25-24(30)26-23(20)28)18-16-19-29-22(27)4-2;1-2-3-4-5-6-7-8-9-10-11-12-13-15-18-19(16-14-17-24)22-21(26)23-20(18)25/h3-19H2,1-2H3,(H2,25,26,28,30);24H,2-17H2,1H3,(H2,22,23,25,26). The highest BCUT2D eigenvalue weighted by Gasteiger charge is 2.10. The van der Waals surface area contributed by atoms with Gasteiger partial charge in [-0.05, 0) is 75.8 Å². The third-order valence-electron chi connectivity index (χ3n) is 10.5. The lowest BCUT2D eigenvalue weighted by Crippen LogP contribution is -2.18. The minimum absolute atomic E-state index is 0.0650. The van der Waals surface area contributed by atoms with Crippen LogP contribution in [0.5, 0.6) is 0 Å². The molecular weight excluding hydrogens is 741 g/mol. The fourth-order valence-electron chi connectivity index (χ4n) is 7.15. The second-order valence-corrected chi connectivity index (χ2v) is 16.3. The number of aliphatic hydroxyl groups excluding tert-OH is 1. The average Bonchev–Trinajstić information content (AvgIpc) is 3.18. The van der Waals surface area contributed by atoms with Crippen molar-refractivity contribution >= 4 is 30.4 Å². The molecule has 5 N–H and O–H groups in total. The van der Waals surface area contributed by atoms with Crippen LogP contribution >= 0.6 is 24.4 Å². The molecule has 0 spiro atoms. The topological polar surface area (TPSA) is 144 Å². The first kappa shape index (κ1) is 51.6. The second-order valence-electron chi connectivity index (χ2n) is 15.5. The number of nitrogens with one attached hydrogen (secondary N) is 4. The second kappa shape index (κ2) is 35.8. The first-order valence-electron chi connectivity index (χ1n) is 22.7. The molecule has 322 valence electrons. The number of hydrogen-bond donors (Lipinski definition) is 5. The third-order valence-corrected chi connectivity index (χ3v) is 10.9. The summed E-state index contributed by atoms with van der Waals surface area (Å²) in [4.78, 5) is 47.4. The van der Waals surface area contributed by atoms with Crippen molar-refractivity contribution in [2.24, 2.45) is 0 Å². The van der Waals surface area contributed by atoms with Crippen LogP contribution in [0.1, 0.15) is 217 Å². The highest BCUT2D eigenvalue weighted by Crippen LogP contribution is 2.16. The van der Waals surface area contributed by atoms with E-state index in [0.29, 0.717) is 48.3 Å². The molecule has 0 aromatic carbocycles. The number of aliphatic hydroxyl groups is 1. The van der Waals surface area contributed by atoms with Crippen molar-refractivity contribution in [2.75, 3.05) is 13.2 Å². The van der Waals surface area contributed by atoms with E-state index >= 15 is 0 Å². The molecule has 0 unspecified atom stereocenters. The number of ether oxygens (including phenoxy) is 1. The van der Waals surface area contributed by atoms with Crippen molar-refractivity contribution in [3.8, 4) is 0 Å². The first-order valence-corrected chi connectivity index (χ1v) is 23.5. The van der Waals surface area contributed by atoms with Gasteiger partial charge in [0.25, 0.3) is 11.1 Å². The van der Waals surface area contributed by atoms with Crippen LogP contribution in [0, 0.1) is 9.54 Å². The maximum absolute atomic E-state index is 12.4. The summed E-state index contributed by atoms with van der Waals surface area (Å²) >= 11 is 10.2. The van der Waals surface area contributed by atoms with Gasteiger partial charge in [-0.15, -0.1) is 0 Å². The molecule has 0 amide bonds. The Labute approximate surface area is 349 Å². The fourth-order valence-corrected chi connectivity index (χ4v) is 7.58. The van der Waals surface area contributed by atoms with Crippen LogP contribution in [0.2, 0.25) is 0 Å². The molecular formula is C45H80N4O5S2. The molecule has 2 rings (SSSR count). The number of esters is 1. The van der Waals surface area contributed by atoms with Crippen LogP contribution in [-0.4, -0.2) is 44.2 Å². The SMILES string of the molecule is CCCCCCCCCCCCCCc1c(CCCO)[nH]c(=S)[nH]c1=O.CCCCCCCCCCCCCCc1c(CCCOC(=O)CC)[nH]c(=S)[nH]c1=O. The van der Waals surface area contributed by atoms with Gasteiger partial charge in [0, 0.05) is 35.5 Å². The van der Waals surface area contributed by atoms with E-state index in [-0.39, 0.29) is 23.7 Å². The van der Waals surface area contributed by atoms with Crippen molar-refractivity contribution in [1.82, 2.24) is 19.9 Å². The molecule has 0 bridgehead atoms. The minimum Gasteiger partial charge on any atom is -0.466 e. The van der Waals surface area contributed by atoms with Gasteiger partial charge in [-0.1, -0.05) is 162 Å². The van der Waals surface area contributed by atoms with E-state index in [9.17, 15) is 14.4 Å². The van der Waals surface area contributed by atoms with Gasteiger partial charge in [0.05, 0.1) is 6.61 Å². The van der Waals surface area contributed by atoms with Crippen molar-refractivity contribution in [3.05, 3.63) is 52.8 Å². The molecule has 0 saturated carbocycles. The maximum Gasteiger partial charge on any atom is 0.305 e. The quantitative estimate of drug-likeness (QED) is 0.0269. The van der Waals surface area contributed by atoms with Gasteiger partial charge < -0.3 is 19.8 Å². The zero-order valence-electron chi connectivity index (χ0n) is 35.7. The van der Waals surface area contributed by atoms with Gasteiger partial charge >= 0.3 is 5.97 Å². The summed E-state index contributed by atoms with van der Waals surface area (Å²) < 4.78 is 5.86. The Balaban J connectivity index is 0.000000566. The molecule has 0 aliphatic rings. The van der Waals surface area contributed by atoms with E-state index in [0.717, 1.165) is 54.6 Å². The highest BCUT2D eigenvalue weighted by atomic mass is 32.1. The van der Waals surface area contributed by atoms with Crippen LogP contribution < -0.4 is 11.1 Å². The number of aromatic amines is 4. The molecule has 56 heavy (non-hydrogen) atoms. The normalized spacial score (nSPS) is 11.1. The fraction of sp³-hybridized carbons (Fsp3) is 0.800. The lowest BCUT2D eigenvalue weighted by atomic mass is 10.0. The number of H-pyrrole nitrogens is 4. The molecule has 0 saturated heterocycles. The number of aryl methyl sites for hydroxylation is 2. The summed E-state index contributed by atoms with van der Waals surface area (Å²) in [5, 5.41) is 9.02. The van der Waals surface area contributed by atoms with E-state index in [1.165, 1.54) is 135 Å². The minimum atomic E-state index is -0.189. The molecule has 0 aliphatic carbocycles. The summed E-state index contributed by atoms with van der Waals surface area (Å²) in [6, 6.07) is 0. The van der Waals surface area contributed by atoms with Crippen molar-refractivity contribution in [1.29, 1.82) is 0 Å². The number of unbranched alkanes of at least 4 members (excludes halogenated alkanes) is 22. The number of carbonyl (C=O) groups is 1. The van der Waals surface area contributed by atoms with Crippen LogP contribution in [0.15, 0.2) is 9.59 Å². The average molecular weight is 821 g/mol. The van der Waals surface area contributed by atoms with Gasteiger partial charge in [0.2, 0.25) is 0 Å². The zero-order valence-corrected chi connectivity index (χ0v) is 37.4. The predicted octanol–water partition coefficient (Wildman–Crippen LogP) is 12.2. The molecule has 0 aliphatic heterocycles. The van der Waals surface area contributed by atoms with E-state index in [1.54, 1.807) is 6.92 Å². The van der Waals surface area contributed by atoms with Crippen molar-refractivity contribution in [3.63, 3.8) is 0 Å². The molecule has 2 aromatic heterocycles. The van der Waals surface area contributed by atoms with E-state index < -0.39 is 0 Å².